The number of methoxy groups -OCH3 is 3. The van der Waals surface area contributed by atoms with Gasteiger partial charge in [0.25, 0.3) is 10.0 Å². The number of esters is 1. The number of carbonyl (C=O) groups excluding carboxylic acids is 2. The van der Waals surface area contributed by atoms with Crippen molar-refractivity contribution in [1.29, 1.82) is 0 Å². The van der Waals surface area contributed by atoms with Crippen LogP contribution >= 0.6 is 11.3 Å². The molecule has 0 saturated carbocycles. The van der Waals surface area contributed by atoms with E-state index in [2.05, 4.69) is 0 Å². The van der Waals surface area contributed by atoms with Crippen LogP contribution < -0.4 is 14.2 Å². The van der Waals surface area contributed by atoms with Crippen molar-refractivity contribution in [2.75, 3.05) is 54.2 Å². The first-order valence-electron chi connectivity index (χ1n) is 9.95. The lowest BCUT2D eigenvalue weighted by Crippen LogP contribution is -2.40. The van der Waals surface area contributed by atoms with Gasteiger partial charge in [0, 0.05) is 23.5 Å². The van der Waals surface area contributed by atoms with E-state index in [-0.39, 0.29) is 16.2 Å². The van der Waals surface area contributed by atoms with Gasteiger partial charge in [0.15, 0.2) is 18.1 Å². The normalized spacial score (nSPS) is 14.5. The second kappa shape index (κ2) is 11.0. The highest BCUT2D eigenvalue weighted by Crippen LogP contribution is 2.38. The summed E-state index contributed by atoms with van der Waals surface area (Å²) in [4.78, 5) is 25.3. The van der Waals surface area contributed by atoms with Crippen LogP contribution in [0.5, 0.6) is 17.2 Å². The summed E-state index contributed by atoms with van der Waals surface area (Å²) in [5.41, 5.74) is 0.229. The number of ketones is 1. The number of morpholine rings is 1. The van der Waals surface area contributed by atoms with Gasteiger partial charge in [-0.15, -0.1) is 11.3 Å². The van der Waals surface area contributed by atoms with Gasteiger partial charge in [-0.3, -0.25) is 9.59 Å². The number of sulfonamides is 1. The van der Waals surface area contributed by atoms with Crippen molar-refractivity contribution in [3.05, 3.63) is 34.7 Å². The fourth-order valence-electron chi connectivity index (χ4n) is 3.17. The van der Waals surface area contributed by atoms with E-state index >= 15 is 0 Å². The van der Waals surface area contributed by atoms with Crippen LogP contribution in [-0.4, -0.2) is 78.7 Å². The van der Waals surface area contributed by atoms with Crippen LogP contribution in [0.15, 0.2) is 28.5 Å². The van der Waals surface area contributed by atoms with E-state index in [1.807, 2.05) is 0 Å². The summed E-state index contributed by atoms with van der Waals surface area (Å²) in [6, 6.07) is 5.98. The molecule has 1 aliphatic rings. The summed E-state index contributed by atoms with van der Waals surface area (Å²) in [5.74, 6) is -0.148. The molecule has 0 atom stereocenters. The molecule has 0 amide bonds. The first-order valence-corrected chi connectivity index (χ1v) is 12.2. The Morgan fingerprint density at radius 1 is 1.03 bits per heavy atom. The lowest BCUT2D eigenvalue weighted by Gasteiger charge is -2.25. The molecule has 1 aromatic heterocycles. The summed E-state index contributed by atoms with van der Waals surface area (Å²) in [6.07, 6.45) is -0.147. The molecule has 2 heterocycles. The molecular formula is C21H25NO9S2. The topological polar surface area (TPSA) is 118 Å². The Morgan fingerprint density at radius 2 is 1.67 bits per heavy atom. The fourth-order valence-corrected chi connectivity index (χ4v) is 6.07. The summed E-state index contributed by atoms with van der Waals surface area (Å²) in [6.45, 7) is 0.802. The van der Waals surface area contributed by atoms with Crippen molar-refractivity contribution in [2.45, 2.75) is 10.6 Å². The molecule has 0 aliphatic carbocycles. The SMILES string of the molecule is COc1cc(C(=O)COC(=O)Cc2ccc(S(=O)(=O)N3CCOCC3)s2)cc(OC)c1OC. The minimum atomic E-state index is -3.63. The molecule has 3 rings (SSSR count). The van der Waals surface area contributed by atoms with Crippen molar-refractivity contribution in [3.8, 4) is 17.2 Å². The highest BCUT2D eigenvalue weighted by Gasteiger charge is 2.28. The summed E-state index contributed by atoms with van der Waals surface area (Å²) < 4.78 is 52.9. The van der Waals surface area contributed by atoms with Crippen LogP contribution in [-0.2, 0) is 30.7 Å². The first kappa shape index (κ1) is 25.0. The number of rotatable bonds is 10. The summed E-state index contributed by atoms with van der Waals surface area (Å²) in [5, 5.41) is 0. The monoisotopic (exact) mass is 499 g/mol. The summed E-state index contributed by atoms with van der Waals surface area (Å²) in [7, 11) is 0.685. The highest BCUT2D eigenvalue weighted by atomic mass is 32.2. The Bertz CT molecular complexity index is 1080. The fraction of sp³-hybridized carbons (Fsp3) is 0.429. The smallest absolute Gasteiger partial charge is 0.311 e. The maximum atomic E-state index is 12.7. The van der Waals surface area contributed by atoms with Gasteiger partial charge in [-0.2, -0.15) is 4.31 Å². The van der Waals surface area contributed by atoms with E-state index in [9.17, 15) is 18.0 Å². The molecule has 1 aliphatic heterocycles. The van der Waals surface area contributed by atoms with E-state index < -0.39 is 28.4 Å². The Balaban J connectivity index is 1.60. The van der Waals surface area contributed by atoms with Crippen LogP contribution in [0.25, 0.3) is 0 Å². The standard InChI is InChI=1S/C21H25NO9S2/c1-27-17-10-14(11-18(28-2)21(17)29-3)16(23)13-31-19(24)12-15-4-5-20(32-15)33(25,26)22-6-8-30-9-7-22/h4-5,10-11H,6-9,12-13H2,1-3H3. The van der Waals surface area contributed by atoms with Gasteiger partial charge in [0.05, 0.1) is 41.0 Å². The van der Waals surface area contributed by atoms with E-state index in [1.54, 1.807) is 6.07 Å². The number of hydrogen-bond acceptors (Lipinski definition) is 10. The van der Waals surface area contributed by atoms with Crippen molar-refractivity contribution in [2.24, 2.45) is 0 Å². The number of benzene rings is 1. The zero-order valence-corrected chi connectivity index (χ0v) is 20.1. The van der Waals surface area contributed by atoms with Gasteiger partial charge in [0.1, 0.15) is 4.21 Å². The lowest BCUT2D eigenvalue weighted by molar-refractivity contribution is -0.141. The predicted octanol–water partition coefficient (Wildman–Crippen LogP) is 1.76. The molecule has 0 radical (unpaired) electrons. The number of Topliss-reactive ketones (excluding diaryl/α,β-unsaturated/α-hetero) is 1. The third-order valence-corrected chi connectivity index (χ3v) is 8.32. The predicted molar refractivity (Wildman–Crippen MR) is 119 cm³/mol. The molecule has 10 nitrogen and oxygen atoms in total. The van der Waals surface area contributed by atoms with Gasteiger partial charge in [-0.25, -0.2) is 8.42 Å². The molecule has 0 N–H and O–H groups in total. The minimum absolute atomic E-state index is 0.147. The number of hydrogen-bond donors (Lipinski definition) is 0. The zero-order valence-electron chi connectivity index (χ0n) is 18.5. The second-order valence-corrected chi connectivity index (χ2v) is 10.2. The maximum absolute atomic E-state index is 12.7. The molecule has 33 heavy (non-hydrogen) atoms. The molecule has 180 valence electrons. The zero-order chi connectivity index (χ0) is 24.0. The Hall–Kier alpha value is -2.67. The average molecular weight is 500 g/mol. The van der Waals surface area contributed by atoms with E-state index in [4.69, 9.17) is 23.7 Å². The maximum Gasteiger partial charge on any atom is 0.311 e. The molecule has 0 unspecified atom stereocenters. The third-order valence-electron chi connectivity index (χ3n) is 4.87. The van der Waals surface area contributed by atoms with E-state index in [0.29, 0.717) is 48.4 Å². The first-order chi connectivity index (χ1) is 15.8. The highest BCUT2D eigenvalue weighted by molar-refractivity contribution is 7.91. The Morgan fingerprint density at radius 3 is 2.24 bits per heavy atom. The van der Waals surface area contributed by atoms with Crippen LogP contribution in [0.3, 0.4) is 0 Å². The van der Waals surface area contributed by atoms with Gasteiger partial charge in [-0.05, 0) is 24.3 Å². The molecule has 0 bridgehead atoms. The average Bonchev–Trinajstić information content (AvgIpc) is 3.31. The van der Waals surface area contributed by atoms with E-state index in [1.165, 1.54) is 43.8 Å². The third kappa shape index (κ3) is 5.82. The van der Waals surface area contributed by atoms with Gasteiger partial charge in [-0.1, -0.05) is 0 Å². The van der Waals surface area contributed by atoms with E-state index in [0.717, 1.165) is 11.3 Å². The lowest BCUT2D eigenvalue weighted by atomic mass is 10.1. The van der Waals surface area contributed by atoms with Crippen LogP contribution in [0, 0.1) is 0 Å². The van der Waals surface area contributed by atoms with Crippen LogP contribution in [0.1, 0.15) is 15.2 Å². The minimum Gasteiger partial charge on any atom is -0.493 e. The number of thiophene rings is 1. The Kier molecular flexibility index (Phi) is 8.30. The molecule has 1 aromatic carbocycles. The molecular weight excluding hydrogens is 474 g/mol. The molecule has 1 fully saturated rings. The number of carbonyl (C=O) groups is 2. The van der Waals surface area contributed by atoms with Crippen molar-refractivity contribution >= 4 is 33.1 Å². The van der Waals surface area contributed by atoms with Crippen molar-refractivity contribution in [1.82, 2.24) is 4.31 Å². The summed E-state index contributed by atoms with van der Waals surface area (Å²) >= 11 is 1.00. The largest absolute Gasteiger partial charge is 0.493 e. The van der Waals surface area contributed by atoms with Gasteiger partial charge < -0.3 is 23.7 Å². The molecule has 1 saturated heterocycles. The number of nitrogens with zero attached hydrogens (tertiary/aromatic N) is 1. The molecule has 12 heteroatoms. The quantitative estimate of drug-likeness (QED) is 0.356. The molecule has 2 aromatic rings. The second-order valence-electron chi connectivity index (χ2n) is 6.91. The molecule has 0 spiro atoms. The van der Waals surface area contributed by atoms with Gasteiger partial charge >= 0.3 is 5.97 Å². The van der Waals surface area contributed by atoms with Crippen molar-refractivity contribution < 1.29 is 41.7 Å². The van der Waals surface area contributed by atoms with Crippen molar-refractivity contribution in [3.63, 3.8) is 0 Å². The van der Waals surface area contributed by atoms with Crippen LogP contribution in [0.2, 0.25) is 0 Å². The number of ether oxygens (including phenoxy) is 5. The Labute approximate surface area is 196 Å². The van der Waals surface area contributed by atoms with Crippen LogP contribution in [0.4, 0.5) is 0 Å². The van der Waals surface area contributed by atoms with Gasteiger partial charge in [0.2, 0.25) is 11.5 Å².